The molecule has 3 nitrogen and oxygen atoms in total. The van der Waals surface area contributed by atoms with Crippen LogP contribution < -0.4 is 0 Å². The predicted octanol–water partition coefficient (Wildman–Crippen LogP) is 11.1. The van der Waals surface area contributed by atoms with Crippen LogP contribution >= 0.6 is 0 Å². The first-order valence-corrected chi connectivity index (χ1v) is 23.8. The van der Waals surface area contributed by atoms with Gasteiger partial charge in [-0.1, -0.05) is 91.8 Å². The SMILES string of the molecule is C=C1/C(=C\C=C2/CCC[C@@]3(C)[C@@H]2CC[C@@H]3[C@H](C)/C=C/[C@@H](O)C2CC2)C[C@@H](O[Si](C)(C)C(C)(C)C)C[C@@H]1O[Si](C)(C)C(C)(C)C. The van der Waals surface area contributed by atoms with Gasteiger partial charge in [0.15, 0.2) is 16.6 Å². The van der Waals surface area contributed by atoms with Gasteiger partial charge < -0.3 is 14.0 Å². The summed E-state index contributed by atoms with van der Waals surface area (Å²) in [5.74, 6) is 2.35. The third-order valence-electron chi connectivity index (χ3n) is 13.1. The Morgan fingerprint density at radius 2 is 1.52 bits per heavy atom. The molecule has 44 heavy (non-hydrogen) atoms. The van der Waals surface area contributed by atoms with Gasteiger partial charge in [-0.05, 0) is 128 Å². The molecule has 1 N–H and O–H groups in total. The van der Waals surface area contributed by atoms with E-state index in [2.05, 4.69) is 112 Å². The molecule has 4 saturated carbocycles. The second kappa shape index (κ2) is 13.1. The van der Waals surface area contributed by atoms with Gasteiger partial charge in [0.25, 0.3) is 0 Å². The van der Waals surface area contributed by atoms with E-state index in [0.717, 1.165) is 12.8 Å². The lowest BCUT2D eigenvalue weighted by atomic mass is 9.61. The zero-order valence-corrected chi connectivity index (χ0v) is 32.7. The van der Waals surface area contributed by atoms with Gasteiger partial charge >= 0.3 is 0 Å². The van der Waals surface area contributed by atoms with Crippen LogP contribution in [-0.2, 0) is 8.85 Å². The van der Waals surface area contributed by atoms with E-state index in [1.54, 1.807) is 5.57 Å². The summed E-state index contributed by atoms with van der Waals surface area (Å²) in [4.78, 5) is 0. The lowest BCUT2D eigenvalue weighted by Crippen LogP contribution is -2.49. The molecule has 4 rings (SSSR count). The van der Waals surface area contributed by atoms with Crippen molar-refractivity contribution in [3.63, 3.8) is 0 Å². The quantitative estimate of drug-likeness (QED) is 0.201. The molecule has 5 heteroatoms. The number of hydrogen-bond acceptors (Lipinski definition) is 3. The Morgan fingerprint density at radius 1 is 0.909 bits per heavy atom. The summed E-state index contributed by atoms with van der Waals surface area (Å²) >= 11 is 0. The molecule has 0 aromatic rings. The molecule has 0 unspecified atom stereocenters. The average Bonchev–Trinajstić information content (AvgIpc) is 3.68. The van der Waals surface area contributed by atoms with Crippen molar-refractivity contribution in [2.75, 3.05) is 0 Å². The molecule has 0 heterocycles. The highest BCUT2D eigenvalue weighted by Crippen LogP contribution is 2.59. The fourth-order valence-electron chi connectivity index (χ4n) is 7.93. The Balaban J connectivity index is 1.57. The van der Waals surface area contributed by atoms with Crippen LogP contribution in [0.4, 0.5) is 0 Å². The minimum absolute atomic E-state index is 0.0233. The van der Waals surface area contributed by atoms with Crippen LogP contribution in [0, 0.1) is 29.1 Å². The normalized spacial score (nSPS) is 34.2. The zero-order chi connectivity index (χ0) is 32.9. The van der Waals surface area contributed by atoms with Gasteiger partial charge in [-0.15, -0.1) is 0 Å². The highest BCUT2D eigenvalue weighted by atomic mass is 28.4. The summed E-state index contributed by atoms with van der Waals surface area (Å²) in [6, 6.07) is 0. The third-order valence-corrected chi connectivity index (χ3v) is 22.1. The lowest BCUT2D eigenvalue weighted by molar-refractivity contribution is 0.0969. The molecule has 250 valence electrons. The van der Waals surface area contributed by atoms with E-state index in [1.165, 1.54) is 56.1 Å². The fourth-order valence-corrected chi connectivity index (χ4v) is 10.6. The smallest absolute Gasteiger partial charge is 0.192 e. The van der Waals surface area contributed by atoms with E-state index in [4.69, 9.17) is 8.85 Å². The van der Waals surface area contributed by atoms with Crippen LogP contribution in [0.15, 0.2) is 47.6 Å². The van der Waals surface area contributed by atoms with Gasteiger partial charge in [0.05, 0.1) is 18.3 Å². The Labute approximate surface area is 274 Å². The van der Waals surface area contributed by atoms with Gasteiger partial charge in [-0.3, -0.25) is 0 Å². The molecule has 4 aliphatic carbocycles. The van der Waals surface area contributed by atoms with Crippen LogP contribution in [0.1, 0.15) is 113 Å². The number of allylic oxidation sites excluding steroid dienone is 4. The first-order valence-electron chi connectivity index (χ1n) is 18.0. The van der Waals surface area contributed by atoms with Crippen molar-refractivity contribution in [1.82, 2.24) is 0 Å². The number of aliphatic hydroxyl groups excluding tert-OH is 1. The standard InChI is InChI=1S/C39H68O3Si2/c1-27(16-23-35(40)30-18-19-30)33-21-22-34-29(15-14-24-39(33,34)9)17-20-31-25-32(41-43(10,11)37(3,4)5)26-36(28(31)2)42-44(12,13)38(6,7)8/h16-17,20,23,27,30,32-36,40H,2,14-15,18-19,21-22,24-26H2,1,3-13H3/b23-16+,29-17+,31-20-/t27-,32-,33-,34-,35-,36+,39-/m1/s1. The monoisotopic (exact) mass is 640 g/mol. The first kappa shape index (κ1) is 36.1. The second-order valence-corrected chi connectivity index (χ2v) is 27.9. The van der Waals surface area contributed by atoms with Gasteiger partial charge in [0, 0.05) is 6.42 Å². The first-order chi connectivity index (χ1) is 20.2. The summed E-state index contributed by atoms with van der Waals surface area (Å²) < 4.78 is 14.2. The Hall–Kier alpha value is -0.726. The molecule has 4 fully saturated rings. The van der Waals surface area contributed by atoms with Crippen molar-refractivity contribution in [1.29, 1.82) is 0 Å². The summed E-state index contributed by atoms with van der Waals surface area (Å²) in [7, 11) is -3.90. The fraction of sp³-hybridized carbons (Fsp3) is 0.795. The van der Waals surface area contributed by atoms with Gasteiger partial charge in [-0.2, -0.15) is 0 Å². The van der Waals surface area contributed by atoms with Crippen LogP contribution in [-0.4, -0.2) is 40.1 Å². The van der Waals surface area contributed by atoms with Crippen molar-refractivity contribution in [2.24, 2.45) is 29.1 Å². The molecule has 0 aromatic heterocycles. The topological polar surface area (TPSA) is 38.7 Å². The third kappa shape index (κ3) is 7.86. The van der Waals surface area contributed by atoms with Crippen molar-refractivity contribution >= 4 is 16.6 Å². The number of aliphatic hydroxyl groups is 1. The van der Waals surface area contributed by atoms with Crippen molar-refractivity contribution in [2.45, 2.75) is 168 Å². The highest BCUT2D eigenvalue weighted by Gasteiger charge is 2.50. The van der Waals surface area contributed by atoms with E-state index in [-0.39, 0.29) is 28.4 Å². The number of fused-ring (bicyclic) bond motifs is 1. The molecule has 0 aliphatic heterocycles. The molecule has 0 spiro atoms. The highest BCUT2D eigenvalue weighted by molar-refractivity contribution is 6.74. The van der Waals surface area contributed by atoms with E-state index >= 15 is 0 Å². The summed E-state index contributed by atoms with van der Waals surface area (Å²) in [5.41, 5.74) is 4.49. The number of hydrogen-bond donors (Lipinski definition) is 1. The Bertz CT molecular complexity index is 1130. The molecule has 0 bridgehead atoms. The minimum atomic E-state index is -1.98. The Morgan fingerprint density at radius 3 is 2.11 bits per heavy atom. The maximum Gasteiger partial charge on any atom is 0.192 e. The largest absolute Gasteiger partial charge is 0.413 e. The van der Waals surface area contributed by atoms with E-state index in [9.17, 15) is 5.11 Å². The average molecular weight is 641 g/mol. The van der Waals surface area contributed by atoms with Crippen molar-refractivity contribution in [3.05, 3.63) is 47.6 Å². The van der Waals surface area contributed by atoms with Crippen molar-refractivity contribution in [3.8, 4) is 0 Å². The maximum atomic E-state index is 10.5. The maximum absolute atomic E-state index is 10.5. The summed E-state index contributed by atoms with van der Waals surface area (Å²) in [6.45, 7) is 33.2. The second-order valence-electron chi connectivity index (χ2n) is 18.4. The van der Waals surface area contributed by atoms with Crippen LogP contribution in [0.25, 0.3) is 0 Å². The molecule has 4 aliphatic rings. The van der Waals surface area contributed by atoms with E-state index in [0.29, 0.717) is 29.1 Å². The van der Waals surface area contributed by atoms with Crippen LogP contribution in [0.3, 0.4) is 0 Å². The minimum Gasteiger partial charge on any atom is -0.413 e. The van der Waals surface area contributed by atoms with Gasteiger partial charge in [0.2, 0.25) is 0 Å². The molecular weight excluding hydrogens is 573 g/mol. The molecule has 0 aromatic carbocycles. The molecule has 0 radical (unpaired) electrons. The molecular formula is C39H68O3Si2. The molecule has 0 saturated heterocycles. The molecule has 0 amide bonds. The van der Waals surface area contributed by atoms with Gasteiger partial charge in [0.1, 0.15) is 0 Å². The van der Waals surface area contributed by atoms with Crippen molar-refractivity contribution < 1.29 is 14.0 Å². The lowest BCUT2D eigenvalue weighted by Gasteiger charge is -2.45. The summed E-state index contributed by atoms with van der Waals surface area (Å²) in [5, 5.41) is 10.8. The molecule has 7 atom stereocenters. The predicted molar refractivity (Wildman–Crippen MR) is 194 cm³/mol. The number of rotatable bonds is 9. The Kier molecular flexibility index (Phi) is 10.7. The van der Waals surface area contributed by atoms with Gasteiger partial charge in [-0.25, -0.2) is 0 Å². The van der Waals surface area contributed by atoms with Crippen LogP contribution in [0.2, 0.25) is 36.3 Å². The zero-order valence-electron chi connectivity index (χ0n) is 30.7. The van der Waals surface area contributed by atoms with E-state index < -0.39 is 16.6 Å². The van der Waals surface area contributed by atoms with E-state index in [1.807, 2.05) is 0 Å². The van der Waals surface area contributed by atoms with Crippen LogP contribution in [0.5, 0.6) is 0 Å². The summed E-state index contributed by atoms with van der Waals surface area (Å²) in [6.07, 6.45) is 19.9.